The lowest BCUT2D eigenvalue weighted by molar-refractivity contribution is 0.174. The van der Waals surface area contributed by atoms with E-state index in [9.17, 15) is 0 Å². The number of benzene rings is 2. The zero-order valence-corrected chi connectivity index (χ0v) is 23.4. The Balaban J connectivity index is 1.00. The van der Waals surface area contributed by atoms with Gasteiger partial charge < -0.3 is 29.4 Å². The molecule has 1 aliphatic carbocycles. The summed E-state index contributed by atoms with van der Waals surface area (Å²) in [6.07, 6.45) is 9.06. The summed E-state index contributed by atoms with van der Waals surface area (Å²) in [5.74, 6) is 3.66. The van der Waals surface area contributed by atoms with E-state index in [2.05, 4.69) is 67.1 Å². The Morgan fingerprint density at radius 3 is 2.46 bits per heavy atom. The Hall–Kier alpha value is -4.11. The molecule has 0 amide bonds. The van der Waals surface area contributed by atoms with E-state index >= 15 is 0 Å². The Kier molecular flexibility index (Phi) is 7.19. The normalized spacial score (nSPS) is 22.1. The molecule has 0 radical (unpaired) electrons. The van der Waals surface area contributed by atoms with Crippen molar-refractivity contribution in [2.75, 3.05) is 30.1 Å². The van der Waals surface area contributed by atoms with Gasteiger partial charge in [-0.2, -0.15) is 0 Å². The van der Waals surface area contributed by atoms with E-state index in [1.165, 1.54) is 37.8 Å². The fourth-order valence-corrected chi connectivity index (χ4v) is 6.34. The molecular formula is C32H36N6O3. The summed E-state index contributed by atoms with van der Waals surface area (Å²) >= 11 is 0. The fourth-order valence-electron chi connectivity index (χ4n) is 6.34. The lowest BCUT2D eigenvalue weighted by atomic mass is 9.89. The number of ether oxygens (including phenoxy) is 2. The Morgan fingerprint density at radius 2 is 1.61 bits per heavy atom. The van der Waals surface area contributed by atoms with Crippen molar-refractivity contribution < 1.29 is 13.9 Å². The second-order valence-corrected chi connectivity index (χ2v) is 11.3. The van der Waals surface area contributed by atoms with Crippen molar-refractivity contribution in [2.24, 2.45) is 0 Å². The third-order valence-corrected chi connectivity index (χ3v) is 8.44. The molecule has 3 atom stereocenters. The number of hydrogen-bond donors (Lipinski definition) is 2. The number of rotatable bonds is 7. The molecule has 7 rings (SSSR count). The standard InChI is InChI=1S/C32H36N6O3/c1-21-36-37-32(41-21)22-8-11-26(12-9-22)38-16-4-5-25(19-38)34-27-6-2-3-7-28(27)35-31-18-24(14-15-33-31)23-10-13-29-30(17-23)40-20-39-29/h8-15,17-18,25,27-28,34H,2-7,16,19-20H2,1H3,(H,33,35). The molecule has 2 fully saturated rings. The predicted octanol–water partition coefficient (Wildman–Crippen LogP) is 5.82. The maximum absolute atomic E-state index is 5.59. The zero-order valence-electron chi connectivity index (χ0n) is 23.4. The van der Waals surface area contributed by atoms with Crippen LogP contribution in [-0.4, -0.2) is 53.2 Å². The van der Waals surface area contributed by atoms with Gasteiger partial charge in [-0.05, 0) is 85.3 Å². The molecule has 9 heteroatoms. The molecule has 2 N–H and O–H groups in total. The van der Waals surface area contributed by atoms with Crippen LogP contribution in [0.4, 0.5) is 11.5 Å². The molecule has 0 spiro atoms. The van der Waals surface area contributed by atoms with Gasteiger partial charge in [-0.15, -0.1) is 10.2 Å². The molecule has 3 unspecified atom stereocenters. The van der Waals surface area contributed by atoms with Crippen LogP contribution in [0, 0.1) is 6.92 Å². The second kappa shape index (κ2) is 11.4. The van der Waals surface area contributed by atoms with Crippen LogP contribution < -0.4 is 25.0 Å². The van der Waals surface area contributed by atoms with E-state index in [-0.39, 0.29) is 6.79 Å². The number of nitrogens with zero attached hydrogens (tertiary/aromatic N) is 4. The zero-order chi connectivity index (χ0) is 27.6. The summed E-state index contributed by atoms with van der Waals surface area (Å²) in [5, 5.41) is 15.9. The van der Waals surface area contributed by atoms with Gasteiger partial charge in [0.15, 0.2) is 11.5 Å². The van der Waals surface area contributed by atoms with Gasteiger partial charge in [0, 0.05) is 55.6 Å². The van der Waals surface area contributed by atoms with E-state index < -0.39 is 0 Å². The van der Waals surface area contributed by atoms with Gasteiger partial charge in [0.2, 0.25) is 18.6 Å². The minimum absolute atomic E-state index is 0.282. The first-order valence-electron chi connectivity index (χ1n) is 14.7. The van der Waals surface area contributed by atoms with Crippen LogP contribution in [0.2, 0.25) is 0 Å². The largest absolute Gasteiger partial charge is 0.454 e. The fraction of sp³-hybridized carbons (Fsp3) is 0.406. The maximum atomic E-state index is 5.59. The molecule has 212 valence electrons. The van der Waals surface area contributed by atoms with Gasteiger partial charge in [0.1, 0.15) is 5.82 Å². The van der Waals surface area contributed by atoms with E-state index in [1.54, 1.807) is 0 Å². The number of hydrogen-bond acceptors (Lipinski definition) is 9. The van der Waals surface area contributed by atoms with Gasteiger partial charge >= 0.3 is 0 Å². The van der Waals surface area contributed by atoms with Crippen molar-refractivity contribution in [3.8, 4) is 34.1 Å². The highest BCUT2D eigenvalue weighted by Gasteiger charge is 2.29. The van der Waals surface area contributed by atoms with E-state index in [0.29, 0.717) is 29.9 Å². The van der Waals surface area contributed by atoms with Crippen LogP contribution in [0.5, 0.6) is 11.5 Å². The molecule has 4 aromatic rings. The number of anilines is 2. The molecule has 2 aromatic carbocycles. The monoisotopic (exact) mass is 552 g/mol. The van der Waals surface area contributed by atoms with Crippen LogP contribution in [0.1, 0.15) is 44.4 Å². The van der Waals surface area contributed by atoms with Crippen LogP contribution in [0.25, 0.3) is 22.6 Å². The quantitative estimate of drug-likeness (QED) is 0.294. The smallest absolute Gasteiger partial charge is 0.247 e. The van der Waals surface area contributed by atoms with Crippen molar-refractivity contribution in [1.82, 2.24) is 20.5 Å². The first-order chi connectivity index (χ1) is 20.2. The maximum Gasteiger partial charge on any atom is 0.247 e. The summed E-state index contributed by atoms with van der Waals surface area (Å²) in [6, 6.07) is 20.0. The highest BCUT2D eigenvalue weighted by Crippen LogP contribution is 2.36. The van der Waals surface area contributed by atoms with Crippen molar-refractivity contribution in [2.45, 2.75) is 63.6 Å². The van der Waals surface area contributed by atoms with E-state index in [4.69, 9.17) is 13.9 Å². The van der Waals surface area contributed by atoms with Crippen molar-refractivity contribution in [3.63, 3.8) is 0 Å². The van der Waals surface area contributed by atoms with Gasteiger partial charge in [0.25, 0.3) is 0 Å². The van der Waals surface area contributed by atoms with Crippen LogP contribution >= 0.6 is 0 Å². The SMILES string of the molecule is Cc1nnc(-c2ccc(N3CCCC(NC4CCCCC4Nc4cc(-c5ccc6c(c5)OCO6)ccn4)C3)cc2)o1. The summed E-state index contributed by atoms with van der Waals surface area (Å²) in [5.41, 5.74) is 4.40. The third-order valence-electron chi connectivity index (χ3n) is 8.44. The van der Waals surface area contributed by atoms with E-state index in [1.807, 2.05) is 31.3 Å². The van der Waals surface area contributed by atoms with Gasteiger partial charge in [-0.25, -0.2) is 4.98 Å². The number of fused-ring (bicyclic) bond motifs is 1. The van der Waals surface area contributed by atoms with Crippen molar-refractivity contribution in [3.05, 3.63) is 66.7 Å². The molecular weight excluding hydrogens is 516 g/mol. The van der Waals surface area contributed by atoms with Crippen LogP contribution in [-0.2, 0) is 0 Å². The lowest BCUT2D eigenvalue weighted by Gasteiger charge is -2.40. The van der Waals surface area contributed by atoms with Crippen molar-refractivity contribution >= 4 is 11.5 Å². The van der Waals surface area contributed by atoms with Crippen molar-refractivity contribution in [1.29, 1.82) is 0 Å². The Morgan fingerprint density at radius 1 is 0.805 bits per heavy atom. The second-order valence-electron chi connectivity index (χ2n) is 11.3. The minimum Gasteiger partial charge on any atom is -0.454 e. The average molecular weight is 553 g/mol. The Bertz CT molecular complexity index is 1490. The van der Waals surface area contributed by atoms with E-state index in [0.717, 1.165) is 53.5 Å². The summed E-state index contributed by atoms with van der Waals surface area (Å²) in [4.78, 5) is 7.17. The molecule has 0 bridgehead atoms. The van der Waals surface area contributed by atoms with Gasteiger partial charge in [-0.3, -0.25) is 0 Å². The minimum atomic E-state index is 0.282. The molecule has 1 saturated heterocycles. The van der Waals surface area contributed by atoms with Gasteiger partial charge in [-0.1, -0.05) is 18.9 Å². The topological polar surface area (TPSA) is 97.6 Å². The number of aryl methyl sites for hydroxylation is 1. The first kappa shape index (κ1) is 25.8. The highest BCUT2D eigenvalue weighted by molar-refractivity contribution is 5.69. The number of nitrogens with one attached hydrogen (secondary N) is 2. The Labute approximate surface area is 240 Å². The average Bonchev–Trinajstić information content (AvgIpc) is 3.67. The summed E-state index contributed by atoms with van der Waals surface area (Å²) < 4.78 is 16.6. The third kappa shape index (κ3) is 5.72. The predicted molar refractivity (Wildman–Crippen MR) is 158 cm³/mol. The molecule has 9 nitrogen and oxygen atoms in total. The first-order valence-corrected chi connectivity index (χ1v) is 14.7. The lowest BCUT2D eigenvalue weighted by Crippen LogP contribution is -2.54. The van der Waals surface area contributed by atoms with Crippen LogP contribution in [0.3, 0.4) is 0 Å². The molecule has 4 heterocycles. The highest BCUT2D eigenvalue weighted by atomic mass is 16.7. The summed E-state index contributed by atoms with van der Waals surface area (Å²) in [6.45, 7) is 4.16. The molecule has 41 heavy (non-hydrogen) atoms. The number of piperidine rings is 1. The number of pyridine rings is 1. The number of aromatic nitrogens is 3. The van der Waals surface area contributed by atoms with Crippen LogP contribution in [0.15, 0.2) is 65.2 Å². The molecule has 2 aromatic heterocycles. The summed E-state index contributed by atoms with van der Waals surface area (Å²) in [7, 11) is 0. The van der Waals surface area contributed by atoms with Gasteiger partial charge in [0.05, 0.1) is 0 Å². The molecule has 2 aliphatic heterocycles. The molecule has 1 saturated carbocycles. The molecule has 3 aliphatic rings.